The maximum Gasteiger partial charge on any atom is 0.270 e. The first kappa shape index (κ1) is 18.4. The van der Waals surface area contributed by atoms with Crippen LogP contribution in [0.1, 0.15) is 35.9 Å². The fourth-order valence-electron chi connectivity index (χ4n) is 3.63. The third-order valence-corrected chi connectivity index (χ3v) is 5.18. The van der Waals surface area contributed by atoms with E-state index in [-0.39, 0.29) is 17.9 Å². The van der Waals surface area contributed by atoms with Crippen LogP contribution in [0, 0.1) is 6.92 Å². The number of rotatable bonds is 5. The Morgan fingerprint density at radius 1 is 1.32 bits per heavy atom. The average molecular weight is 380 g/mol. The van der Waals surface area contributed by atoms with Crippen molar-refractivity contribution >= 4 is 33.6 Å². The highest BCUT2D eigenvalue weighted by Crippen LogP contribution is 2.27. The summed E-state index contributed by atoms with van der Waals surface area (Å²) in [6.07, 6.45) is 2.05. The number of carbonyl (C=O) groups excluding carboxylic acids is 2. The highest BCUT2D eigenvalue weighted by Gasteiger charge is 2.21. The summed E-state index contributed by atoms with van der Waals surface area (Å²) in [5.41, 5.74) is 2.96. The fraction of sp³-hybridized carbons (Fsp3) is 0.381. The third kappa shape index (κ3) is 3.57. The van der Waals surface area contributed by atoms with E-state index in [4.69, 9.17) is 4.74 Å². The number of hydrogen-bond donors (Lipinski definition) is 3. The predicted molar refractivity (Wildman–Crippen MR) is 107 cm³/mol. The van der Waals surface area contributed by atoms with Gasteiger partial charge in [0.1, 0.15) is 11.7 Å². The summed E-state index contributed by atoms with van der Waals surface area (Å²) in [6.45, 7) is 4.75. The first-order valence-electron chi connectivity index (χ1n) is 9.61. The standard InChI is InChI=1S/C21H24N4O3/c1-12-19-16(15-7-3-4-8-17(15)25-19)10-18(23-12)21(27)24-13(2)20(26)22-11-14-6-5-9-28-14/h3-4,7-8,10,13-14,25H,5-6,9,11H2,1-2H3,(H,22,26)(H,24,27). The lowest BCUT2D eigenvalue weighted by molar-refractivity contribution is -0.123. The number of H-pyrrole nitrogens is 1. The van der Waals surface area contributed by atoms with Gasteiger partial charge in [-0.15, -0.1) is 0 Å². The van der Waals surface area contributed by atoms with E-state index in [0.29, 0.717) is 12.2 Å². The van der Waals surface area contributed by atoms with E-state index in [0.717, 1.165) is 46.9 Å². The average Bonchev–Trinajstić information content (AvgIpc) is 3.34. The van der Waals surface area contributed by atoms with Crippen LogP contribution in [0.15, 0.2) is 30.3 Å². The molecule has 1 aromatic carbocycles. The zero-order chi connectivity index (χ0) is 19.7. The fourth-order valence-corrected chi connectivity index (χ4v) is 3.63. The van der Waals surface area contributed by atoms with Gasteiger partial charge in [0.2, 0.25) is 5.91 Å². The number of aromatic amines is 1. The topological polar surface area (TPSA) is 96.1 Å². The molecule has 28 heavy (non-hydrogen) atoms. The summed E-state index contributed by atoms with van der Waals surface area (Å²) >= 11 is 0. The Balaban J connectivity index is 1.48. The molecule has 7 heteroatoms. The van der Waals surface area contributed by atoms with Crippen molar-refractivity contribution < 1.29 is 14.3 Å². The van der Waals surface area contributed by atoms with E-state index in [9.17, 15) is 9.59 Å². The number of carbonyl (C=O) groups is 2. The predicted octanol–water partition coefficient (Wildman–Crippen LogP) is 2.44. The molecular weight excluding hydrogens is 356 g/mol. The minimum atomic E-state index is -0.658. The Hall–Kier alpha value is -2.93. The Morgan fingerprint density at radius 3 is 2.93 bits per heavy atom. The van der Waals surface area contributed by atoms with Crippen LogP contribution >= 0.6 is 0 Å². The van der Waals surface area contributed by atoms with E-state index in [1.807, 2.05) is 31.2 Å². The Morgan fingerprint density at radius 2 is 2.14 bits per heavy atom. The number of fused-ring (bicyclic) bond motifs is 3. The lowest BCUT2D eigenvalue weighted by atomic mass is 10.1. The maximum absolute atomic E-state index is 12.7. The second-order valence-corrected chi connectivity index (χ2v) is 7.26. The molecule has 2 aromatic heterocycles. The number of ether oxygens (including phenoxy) is 1. The van der Waals surface area contributed by atoms with Gasteiger partial charge in [-0.1, -0.05) is 18.2 Å². The van der Waals surface area contributed by atoms with Crippen LogP contribution in [-0.2, 0) is 9.53 Å². The van der Waals surface area contributed by atoms with Gasteiger partial charge in [-0.2, -0.15) is 0 Å². The number of hydrogen-bond acceptors (Lipinski definition) is 4. The molecular formula is C21H24N4O3. The highest BCUT2D eigenvalue weighted by atomic mass is 16.5. The molecule has 146 valence electrons. The smallest absolute Gasteiger partial charge is 0.270 e. The first-order valence-corrected chi connectivity index (χ1v) is 9.61. The Kier molecular flexibility index (Phi) is 5.00. The number of nitrogens with one attached hydrogen (secondary N) is 3. The van der Waals surface area contributed by atoms with Crippen molar-refractivity contribution in [3.8, 4) is 0 Å². The largest absolute Gasteiger partial charge is 0.376 e. The number of benzene rings is 1. The summed E-state index contributed by atoms with van der Waals surface area (Å²) < 4.78 is 5.50. The van der Waals surface area contributed by atoms with Gasteiger partial charge in [0.25, 0.3) is 5.91 Å². The maximum atomic E-state index is 12.7. The van der Waals surface area contributed by atoms with Gasteiger partial charge in [-0.05, 0) is 38.8 Å². The summed E-state index contributed by atoms with van der Waals surface area (Å²) in [6, 6.07) is 9.05. The second-order valence-electron chi connectivity index (χ2n) is 7.26. The molecule has 3 N–H and O–H groups in total. The Labute approximate surface area is 162 Å². The zero-order valence-electron chi connectivity index (χ0n) is 16.0. The van der Waals surface area contributed by atoms with Crippen molar-refractivity contribution in [3.05, 3.63) is 41.7 Å². The molecule has 2 atom stereocenters. The van der Waals surface area contributed by atoms with Crippen molar-refractivity contribution in [1.29, 1.82) is 0 Å². The van der Waals surface area contributed by atoms with Gasteiger partial charge in [0, 0.05) is 29.4 Å². The quantitative estimate of drug-likeness (QED) is 0.633. The van der Waals surface area contributed by atoms with Crippen LogP contribution in [0.3, 0.4) is 0 Å². The van der Waals surface area contributed by atoms with E-state index >= 15 is 0 Å². The molecule has 0 radical (unpaired) electrons. The van der Waals surface area contributed by atoms with Crippen molar-refractivity contribution in [1.82, 2.24) is 20.6 Å². The summed E-state index contributed by atoms with van der Waals surface area (Å²) in [5, 5.41) is 7.57. The van der Waals surface area contributed by atoms with Crippen molar-refractivity contribution in [2.24, 2.45) is 0 Å². The molecule has 4 rings (SSSR count). The van der Waals surface area contributed by atoms with Gasteiger partial charge >= 0.3 is 0 Å². The molecule has 0 spiro atoms. The second kappa shape index (κ2) is 7.59. The molecule has 0 bridgehead atoms. The number of pyridine rings is 1. The van der Waals surface area contributed by atoms with Gasteiger partial charge in [0.15, 0.2) is 0 Å². The van der Waals surface area contributed by atoms with Gasteiger partial charge < -0.3 is 20.4 Å². The van der Waals surface area contributed by atoms with Crippen molar-refractivity contribution in [2.75, 3.05) is 13.2 Å². The summed E-state index contributed by atoms with van der Waals surface area (Å²) in [7, 11) is 0. The van der Waals surface area contributed by atoms with E-state index < -0.39 is 6.04 Å². The van der Waals surface area contributed by atoms with Crippen LogP contribution in [0.2, 0.25) is 0 Å². The molecule has 1 fully saturated rings. The lowest BCUT2D eigenvalue weighted by Gasteiger charge is -2.16. The van der Waals surface area contributed by atoms with Crippen LogP contribution in [0.5, 0.6) is 0 Å². The van der Waals surface area contributed by atoms with Crippen LogP contribution in [0.25, 0.3) is 21.8 Å². The number of aromatic nitrogens is 2. The minimum absolute atomic E-state index is 0.0699. The number of nitrogens with zero attached hydrogens (tertiary/aromatic N) is 1. The molecule has 1 aliphatic heterocycles. The van der Waals surface area contributed by atoms with E-state index in [1.54, 1.807) is 13.0 Å². The first-order chi connectivity index (χ1) is 13.5. The van der Waals surface area contributed by atoms with Crippen LogP contribution in [0.4, 0.5) is 0 Å². The zero-order valence-corrected chi connectivity index (χ0v) is 16.0. The number of amides is 2. The molecule has 7 nitrogen and oxygen atoms in total. The van der Waals surface area contributed by atoms with Gasteiger partial charge in [-0.3, -0.25) is 9.59 Å². The number of para-hydroxylation sites is 1. The molecule has 0 saturated carbocycles. The normalized spacial score (nSPS) is 17.7. The number of aryl methyl sites for hydroxylation is 1. The molecule has 3 heterocycles. The minimum Gasteiger partial charge on any atom is -0.376 e. The van der Waals surface area contributed by atoms with Gasteiger partial charge in [-0.25, -0.2) is 4.98 Å². The monoisotopic (exact) mass is 380 g/mol. The SMILES string of the molecule is Cc1nc(C(=O)NC(C)C(=O)NCC2CCCO2)cc2c1[nH]c1ccccc12. The van der Waals surface area contributed by atoms with Crippen molar-refractivity contribution in [3.63, 3.8) is 0 Å². The summed E-state index contributed by atoms with van der Waals surface area (Å²) in [5.74, 6) is -0.594. The van der Waals surface area contributed by atoms with Crippen LogP contribution in [-0.4, -0.2) is 47.1 Å². The molecule has 3 aromatic rings. The van der Waals surface area contributed by atoms with Crippen LogP contribution < -0.4 is 10.6 Å². The Bertz CT molecular complexity index is 1040. The lowest BCUT2D eigenvalue weighted by Crippen LogP contribution is -2.46. The third-order valence-electron chi connectivity index (χ3n) is 5.18. The van der Waals surface area contributed by atoms with Crippen molar-refractivity contribution in [2.45, 2.75) is 38.8 Å². The molecule has 2 amide bonds. The summed E-state index contributed by atoms with van der Waals surface area (Å²) in [4.78, 5) is 32.7. The molecule has 1 saturated heterocycles. The van der Waals surface area contributed by atoms with E-state index in [2.05, 4.69) is 20.6 Å². The highest BCUT2D eigenvalue weighted by molar-refractivity contribution is 6.10. The molecule has 0 aliphatic carbocycles. The molecule has 1 aliphatic rings. The molecule has 2 unspecified atom stereocenters. The van der Waals surface area contributed by atoms with E-state index in [1.165, 1.54) is 0 Å². The van der Waals surface area contributed by atoms with Gasteiger partial charge in [0.05, 0.1) is 17.3 Å².